The molecule has 2 N–H and O–H groups in total. The van der Waals surface area contributed by atoms with Crippen molar-refractivity contribution in [3.63, 3.8) is 0 Å². The van der Waals surface area contributed by atoms with Crippen LogP contribution < -0.4 is 10.6 Å². The molecule has 2 fully saturated rings. The summed E-state index contributed by atoms with van der Waals surface area (Å²) in [7, 11) is 1.89. The molecule has 1 aliphatic heterocycles. The van der Waals surface area contributed by atoms with E-state index in [0.717, 1.165) is 51.6 Å². The van der Waals surface area contributed by atoms with E-state index in [1.807, 2.05) is 7.05 Å². The maximum absolute atomic E-state index is 5.65. The van der Waals surface area contributed by atoms with E-state index in [0.29, 0.717) is 11.3 Å². The molecule has 1 aliphatic carbocycles. The lowest BCUT2D eigenvalue weighted by molar-refractivity contribution is 0.105. The first-order valence-electron chi connectivity index (χ1n) is 12.0. The standard InChI is InChI=1S/C25H42N4O.HI/c1-3-30-18-15-25(13-7-8-14-25)21-28-24(26-2)27-19-23-12-17-29(20-23)16-11-22-9-5-4-6-10-22;/h4-6,9-10,23H,3,7-8,11-21H2,1-2H3,(H2,26,27,28);1H. The number of guanidine groups is 1. The highest BCUT2D eigenvalue weighted by molar-refractivity contribution is 14.0. The van der Waals surface area contributed by atoms with E-state index >= 15 is 0 Å². The molecule has 2 aliphatic rings. The number of rotatable bonds is 11. The molecule has 1 aromatic rings. The third kappa shape index (κ3) is 8.89. The van der Waals surface area contributed by atoms with Gasteiger partial charge in [-0.05, 0) is 62.5 Å². The average molecular weight is 543 g/mol. The van der Waals surface area contributed by atoms with Crippen LogP contribution >= 0.6 is 24.0 Å². The molecule has 0 spiro atoms. The molecule has 176 valence electrons. The van der Waals surface area contributed by atoms with Gasteiger partial charge in [0, 0.05) is 46.4 Å². The van der Waals surface area contributed by atoms with Crippen LogP contribution in [0.1, 0.15) is 51.0 Å². The molecule has 3 rings (SSSR count). The van der Waals surface area contributed by atoms with Crippen molar-refractivity contribution >= 4 is 29.9 Å². The summed E-state index contributed by atoms with van der Waals surface area (Å²) < 4.78 is 5.65. The molecular formula is C25H43IN4O. The van der Waals surface area contributed by atoms with Crippen LogP contribution in [0.5, 0.6) is 0 Å². The van der Waals surface area contributed by atoms with Gasteiger partial charge >= 0.3 is 0 Å². The van der Waals surface area contributed by atoms with Crippen LogP contribution in [-0.4, -0.2) is 63.8 Å². The van der Waals surface area contributed by atoms with Crippen molar-refractivity contribution in [3.05, 3.63) is 35.9 Å². The molecule has 0 radical (unpaired) electrons. The van der Waals surface area contributed by atoms with Crippen LogP contribution in [0.2, 0.25) is 0 Å². The van der Waals surface area contributed by atoms with Crippen molar-refractivity contribution in [3.8, 4) is 0 Å². The van der Waals surface area contributed by atoms with Crippen molar-refractivity contribution in [2.75, 3.05) is 53.0 Å². The Morgan fingerprint density at radius 1 is 1.19 bits per heavy atom. The van der Waals surface area contributed by atoms with Gasteiger partial charge in [-0.15, -0.1) is 24.0 Å². The quantitative estimate of drug-likeness (QED) is 0.189. The Bertz CT molecular complexity index is 634. The Labute approximate surface area is 206 Å². The van der Waals surface area contributed by atoms with Gasteiger partial charge < -0.3 is 20.3 Å². The fraction of sp³-hybridized carbons (Fsp3) is 0.720. The number of ether oxygens (including phenoxy) is 1. The normalized spacial score (nSPS) is 21.1. The van der Waals surface area contributed by atoms with Crippen molar-refractivity contribution < 1.29 is 4.74 Å². The highest BCUT2D eigenvalue weighted by Crippen LogP contribution is 2.40. The van der Waals surface area contributed by atoms with Crippen LogP contribution in [0.15, 0.2) is 35.3 Å². The van der Waals surface area contributed by atoms with Gasteiger partial charge in [0.05, 0.1) is 0 Å². The van der Waals surface area contributed by atoms with Crippen LogP contribution in [0.4, 0.5) is 0 Å². The van der Waals surface area contributed by atoms with E-state index in [-0.39, 0.29) is 24.0 Å². The van der Waals surface area contributed by atoms with Crippen molar-refractivity contribution in [2.45, 2.75) is 51.9 Å². The third-order valence-corrected chi connectivity index (χ3v) is 6.99. The van der Waals surface area contributed by atoms with Crippen molar-refractivity contribution in [2.24, 2.45) is 16.3 Å². The minimum Gasteiger partial charge on any atom is -0.382 e. The topological polar surface area (TPSA) is 48.9 Å². The summed E-state index contributed by atoms with van der Waals surface area (Å²) in [4.78, 5) is 7.09. The lowest BCUT2D eigenvalue weighted by Gasteiger charge is -2.30. The zero-order valence-electron chi connectivity index (χ0n) is 19.6. The van der Waals surface area contributed by atoms with Gasteiger partial charge in [-0.25, -0.2) is 0 Å². The van der Waals surface area contributed by atoms with E-state index < -0.39 is 0 Å². The van der Waals surface area contributed by atoms with Crippen molar-refractivity contribution in [1.82, 2.24) is 15.5 Å². The Balaban J connectivity index is 0.00000341. The molecule has 1 unspecified atom stereocenters. The summed E-state index contributed by atoms with van der Waals surface area (Å²) in [6, 6.07) is 10.8. The predicted octanol–water partition coefficient (Wildman–Crippen LogP) is 4.32. The van der Waals surface area contributed by atoms with Crippen LogP contribution in [0, 0.1) is 11.3 Å². The lowest BCUT2D eigenvalue weighted by atomic mass is 9.83. The fourth-order valence-corrected chi connectivity index (χ4v) is 5.02. The van der Waals surface area contributed by atoms with E-state index in [2.05, 4.69) is 57.8 Å². The van der Waals surface area contributed by atoms with Gasteiger partial charge in [0.25, 0.3) is 0 Å². The molecule has 0 amide bonds. The Morgan fingerprint density at radius 3 is 2.68 bits per heavy atom. The minimum absolute atomic E-state index is 0. The summed E-state index contributed by atoms with van der Waals surface area (Å²) in [5.41, 5.74) is 1.82. The molecule has 31 heavy (non-hydrogen) atoms. The van der Waals surface area contributed by atoms with Gasteiger partial charge in [0.1, 0.15) is 0 Å². The number of benzene rings is 1. The molecule has 6 heteroatoms. The molecule has 1 atom stereocenters. The fourth-order valence-electron chi connectivity index (χ4n) is 5.02. The molecule has 0 bridgehead atoms. The zero-order valence-corrected chi connectivity index (χ0v) is 21.9. The maximum Gasteiger partial charge on any atom is 0.191 e. The zero-order chi connectivity index (χ0) is 21.1. The molecule has 1 aromatic carbocycles. The highest BCUT2D eigenvalue weighted by Gasteiger charge is 2.33. The Hall–Kier alpha value is -0.860. The number of aliphatic imine (C=N–C) groups is 1. The Morgan fingerprint density at radius 2 is 1.97 bits per heavy atom. The molecule has 0 aromatic heterocycles. The average Bonchev–Trinajstić information content (AvgIpc) is 3.43. The molecule has 5 nitrogen and oxygen atoms in total. The second-order valence-electron chi connectivity index (χ2n) is 9.15. The highest BCUT2D eigenvalue weighted by atomic mass is 127. The van der Waals surface area contributed by atoms with Crippen LogP contribution in [0.25, 0.3) is 0 Å². The van der Waals surface area contributed by atoms with Crippen molar-refractivity contribution in [1.29, 1.82) is 0 Å². The Kier molecular flexibility index (Phi) is 12.2. The van der Waals surface area contributed by atoms with Gasteiger partial charge in [0.2, 0.25) is 0 Å². The molecule has 1 heterocycles. The number of likely N-dealkylation sites (tertiary alicyclic amines) is 1. The monoisotopic (exact) mass is 542 g/mol. The second-order valence-corrected chi connectivity index (χ2v) is 9.15. The summed E-state index contributed by atoms with van der Waals surface area (Å²) in [6.45, 7) is 9.36. The molecule has 1 saturated carbocycles. The summed E-state index contributed by atoms with van der Waals surface area (Å²) in [5.74, 6) is 1.66. The van der Waals surface area contributed by atoms with E-state index in [1.165, 1.54) is 50.8 Å². The van der Waals surface area contributed by atoms with E-state index in [4.69, 9.17) is 4.74 Å². The summed E-state index contributed by atoms with van der Waals surface area (Å²) >= 11 is 0. The molecule has 1 saturated heterocycles. The predicted molar refractivity (Wildman–Crippen MR) is 141 cm³/mol. The number of nitrogens with zero attached hydrogens (tertiary/aromatic N) is 2. The minimum atomic E-state index is 0. The SMILES string of the molecule is CCOCCC1(CNC(=NC)NCC2CCN(CCc3ccccc3)C2)CCCC1.I. The lowest BCUT2D eigenvalue weighted by Crippen LogP contribution is -2.45. The van der Waals surface area contributed by atoms with Gasteiger partial charge in [-0.2, -0.15) is 0 Å². The largest absolute Gasteiger partial charge is 0.382 e. The van der Waals surface area contributed by atoms with Crippen LogP contribution in [0.3, 0.4) is 0 Å². The van der Waals surface area contributed by atoms with E-state index in [9.17, 15) is 0 Å². The molecular weight excluding hydrogens is 499 g/mol. The number of nitrogens with one attached hydrogen (secondary N) is 2. The maximum atomic E-state index is 5.65. The summed E-state index contributed by atoms with van der Waals surface area (Å²) in [5, 5.41) is 7.23. The smallest absolute Gasteiger partial charge is 0.191 e. The first kappa shape index (κ1) is 26.4. The van der Waals surface area contributed by atoms with Gasteiger partial charge in [-0.1, -0.05) is 43.2 Å². The number of halogens is 1. The number of hydrogen-bond acceptors (Lipinski definition) is 3. The first-order valence-corrected chi connectivity index (χ1v) is 12.0. The van der Waals surface area contributed by atoms with E-state index in [1.54, 1.807) is 0 Å². The third-order valence-electron chi connectivity index (χ3n) is 6.99. The van der Waals surface area contributed by atoms with Crippen LogP contribution in [-0.2, 0) is 11.2 Å². The van der Waals surface area contributed by atoms with Gasteiger partial charge in [0.15, 0.2) is 5.96 Å². The second kappa shape index (κ2) is 14.3. The van der Waals surface area contributed by atoms with Gasteiger partial charge in [-0.3, -0.25) is 4.99 Å². The summed E-state index contributed by atoms with van der Waals surface area (Å²) in [6.07, 6.45) is 8.89. The first-order chi connectivity index (χ1) is 14.7. The number of hydrogen-bond donors (Lipinski definition) is 2.